The van der Waals surface area contributed by atoms with Gasteiger partial charge >= 0.3 is 51.4 Å². The SMILES string of the molecule is CC1(C)CC[C@]2(CO)[C@@H](O)C[C@]3(C)C(=CC[C@@H]4[C@@]5(C)CC[C@H](O[C@@H]6O[C@H](C(=O)[O-])[C@@H](O)[C@H](O[C@@H]7O[C@H](CO)[C@@H](O)[C@H](O)[C@H]7O)[C@H]6O)C(C)(C)C5CC[C@]43C)[C@@H]2C1.[K+]. The van der Waals surface area contributed by atoms with E-state index in [1.54, 1.807) is 0 Å². The Kier molecular flexibility index (Phi) is 13.3. The van der Waals surface area contributed by atoms with Gasteiger partial charge in [-0.3, -0.25) is 0 Å². The molecule has 0 aromatic heterocycles. The van der Waals surface area contributed by atoms with E-state index in [0.29, 0.717) is 18.8 Å². The van der Waals surface area contributed by atoms with E-state index in [4.69, 9.17) is 18.9 Å². The summed E-state index contributed by atoms with van der Waals surface area (Å²) in [6.07, 6.45) is -8.75. The molecule has 0 aromatic carbocycles. The Morgan fingerprint density at radius 1 is 0.789 bits per heavy atom. The molecule has 14 nitrogen and oxygen atoms in total. The van der Waals surface area contributed by atoms with Crippen molar-refractivity contribution in [1.29, 1.82) is 0 Å². The average Bonchev–Trinajstić information content (AvgIpc) is 3.12. The van der Waals surface area contributed by atoms with Crippen LogP contribution >= 0.6 is 0 Å². The van der Waals surface area contributed by atoms with Crippen molar-refractivity contribution < 1.29 is 121 Å². The molecule has 7 rings (SSSR count). The Morgan fingerprint density at radius 3 is 2.09 bits per heavy atom. The Hall–Kier alpha value is 0.366. The van der Waals surface area contributed by atoms with Crippen LogP contribution in [0.2, 0.25) is 0 Å². The molecule has 0 spiro atoms. The normalized spacial score (nSPS) is 52.8. The van der Waals surface area contributed by atoms with Crippen molar-refractivity contribution in [3.8, 4) is 0 Å². The first-order chi connectivity index (χ1) is 26.0. The fourth-order valence-corrected chi connectivity index (χ4v) is 13.7. The Bertz CT molecular complexity index is 1520. The van der Waals surface area contributed by atoms with E-state index in [2.05, 4.69) is 54.5 Å². The second-order valence-electron chi connectivity index (χ2n) is 20.8. The van der Waals surface area contributed by atoms with Crippen LogP contribution in [0.4, 0.5) is 0 Å². The molecule has 5 aliphatic carbocycles. The van der Waals surface area contributed by atoms with Gasteiger partial charge in [-0.2, -0.15) is 0 Å². The summed E-state index contributed by atoms with van der Waals surface area (Å²) in [5.41, 5.74) is 0.0318. The van der Waals surface area contributed by atoms with Crippen molar-refractivity contribution in [2.75, 3.05) is 13.2 Å². The van der Waals surface area contributed by atoms with Crippen LogP contribution in [0.1, 0.15) is 106 Å². The molecule has 0 radical (unpaired) electrons. The van der Waals surface area contributed by atoms with Crippen LogP contribution in [0.5, 0.6) is 0 Å². The summed E-state index contributed by atoms with van der Waals surface area (Å²) in [6.45, 7) is 15.3. The Labute approximate surface area is 379 Å². The first-order valence-corrected chi connectivity index (χ1v) is 20.9. The molecule has 2 saturated heterocycles. The van der Waals surface area contributed by atoms with Crippen molar-refractivity contribution in [2.45, 2.75) is 180 Å². The topological polar surface area (TPSA) is 239 Å². The second kappa shape index (κ2) is 16.2. The number of aliphatic hydroxyl groups is 8. The van der Waals surface area contributed by atoms with Crippen molar-refractivity contribution in [1.82, 2.24) is 0 Å². The minimum absolute atomic E-state index is 0. The van der Waals surface area contributed by atoms with Gasteiger partial charge in [-0.15, -0.1) is 0 Å². The standard InChI is InChI=1S/C42H68O14.K/c1-37(2)14-15-42(19-44)21(16-37)20-8-9-24-39(5)12-11-26(38(3,4)23(39)10-13-40(24,6)41(20,7)17-25(42)45)54-36-31(50)32(30(49)33(56-36)34(51)52)55-35-29(48)28(47)27(46)22(18-43)53-35;/h8,21-33,35-36,43-50H,9-19H2,1-7H3,(H,51,52);/q;+1/p-1/t21-,22+,23?,24+,25-,26-,27+,28-,29+,30-,31+,32-,33-,35-,36+,39-,40+,41+,42+;/m0./s1. The number of carboxylic acid groups (broad SMARTS) is 1. The number of hydrogen-bond acceptors (Lipinski definition) is 14. The predicted octanol–water partition coefficient (Wildman–Crippen LogP) is -2.48. The van der Waals surface area contributed by atoms with Gasteiger partial charge in [-0.05, 0) is 103 Å². The van der Waals surface area contributed by atoms with Crippen LogP contribution in [0.25, 0.3) is 0 Å². The first-order valence-electron chi connectivity index (χ1n) is 20.9. The third-order valence-electron chi connectivity index (χ3n) is 17.3. The number of carbonyl (C=O) groups is 1. The molecule has 19 atom stereocenters. The summed E-state index contributed by atoms with van der Waals surface area (Å²) in [4.78, 5) is 12.2. The number of aliphatic carboxylic acids is 1. The molecular weight excluding hydrogens is 768 g/mol. The van der Waals surface area contributed by atoms with E-state index in [0.717, 1.165) is 44.9 Å². The molecule has 2 aliphatic heterocycles. The Morgan fingerprint density at radius 2 is 1.46 bits per heavy atom. The molecule has 6 fully saturated rings. The van der Waals surface area contributed by atoms with Gasteiger partial charge in [0.2, 0.25) is 0 Å². The molecule has 15 heteroatoms. The summed E-state index contributed by atoms with van der Waals surface area (Å²) >= 11 is 0. The maximum Gasteiger partial charge on any atom is 1.00 e. The fraction of sp³-hybridized carbons (Fsp3) is 0.929. The molecule has 57 heavy (non-hydrogen) atoms. The van der Waals surface area contributed by atoms with Gasteiger partial charge in [-0.25, -0.2) is 0 Å². The number of allylic oxidation sites excluding steroid dienone is 2. The first kappa shape index (κ1) is 46.9. The van der Waals surface area contributed by atoms with E-state index in [1.165, 1.54) is 5.57 Å². The summed E-state index contributed by atoms with van der Waals surface area (Å²) < 4.78 is 23.4. The van der Waals surface area contributed by atoms with Crippen LogP contribution in [-0.2, 0) is 23.7 Å². The van der Waals surface area contributed by atoms with Gasteiger partial charge in [0.25, 0.3) is 0 Å². The Balaban J connectivity index is 0.00000549. The quantitative estimate of drug-likeness (QED) is 0.0754. The monoisotopic (exact) mass is 834 g/mol. The third-order valence-corrected chi connectivity index (χ3v) is 17.3. The number of hydrogen-bond donors (Lipinski definition) is 8. The van der Waals surface area contributed by atoms with Gasteiger partial charge in [0.1, 0.15) is 48.8 Å². The number of fused-ring (bicyclic) bond motifs is 7. The van der Waals surface area contributed by atoms with Gasteiger partial charge in [-0.1, -0.05) is 60.1 Å². The molecule has 4 saturated carbocycles. The zero-order valence-corrected chi connectivity index (χ0v) is 38.2. The van der Waals surface area contributed by atoms with Crippen LogP contribution in [0, 0.1) is 50.2 Å². The molecule has 0 bridgehead atoms. The number of aliphatic hydroxyl groups excluding tert-OH is 8. The van der Waals surface area contributed by atoms with Crippen molar-refractivity contribution in [3.63, 3.8) is 0 Å². The number of ether oxygens (including phenoxy) is 4. The average molecular weight is 835 g/mol. The smallest absolute Gasteiger partial charge is 0.547 e. The number of carboxylic acids is 1. The van der Waals surface area contributed by atoms with Gasteiger partial charge < -0.3 is 69.7 Å². The molecule has 1 unspecified atom stereocenters. The van der Waals surface area contributed by atoms with Crippen molar-refractivity contribution in [2.24, 2.45) is 50.2 Å². The van der Waals surface area contributed by atoms with Gasteiger partial charge in [0.15, 0.2) is 12.6 Å². The molecule has 7 aliphatic rings. The molecule has 8 N–H and O–H groups in total. The maximum atomic E-state index is 12.2. The van der Waals surface area contributed by atoms with Crippen LogP contribution < -0.4 is 56.5 Å². The zero-order chi connectivity index (χ0) is 41.1. The van der Waals surface area contributed by atoms with E-state index in [1.807, 2.05) is 0 Å². The molecule has 320 valence electrons. The number of carbonyl (C=O) groups excluding carboxylic acids is 1. The predicted molar refractivity (Wildman–Crippen MR) is 197 cm³/mol. The maximum absolute atomic E-state index is 12.2. The van der Waals surface area contributed by atoms with Crippen LogP contribution in [-0.4, -0.2) is 134 Å². The van der Waals surface area contributed by atoms with Gasteiger partial charge in [0.05, 0.1) is 31.4 Å². The fourth-order valence-electron chi connectivity index (χ4n) is 13.7. The second-order valence-corrected chi connectivity index (χ2v) is 20.8. The summed E-state index contributed by atoms with van der Waals surface area (Å²) in [6, 6.07) is 0. The third kappa shape index (κ3) is 7.18. The van der Waals surface area contributed by atoms with Crippen LogP contribution in [0.3, 0.4) is 0 Å². The summed E-state index contributed by atoms with van der Waals surface area (Å²) in [7, 11) is 0. The van der Waals surface area contributed by atoms with E-state index < -0.39 is 97.0 Å². The van der Waals surface area contributed by atoms with E-state index in [-0.39, 0.29) is 91.5 Å². The largest absolute Gasteiger partial charge is 1.00 e. The molecule has 0 amide bonds. The summed E-state index contributed by atoms with van der Waals surface area (Å²) in [5.74, 6) is -1.21. The van der Waals surface area contributed by atoms with E-state index in [9.17, 15) is 50.8 Å². The molecular formula is C42H67KO14. The molecule has 0 aromatic rings. The zero-order valence-electron chi connectivity index (χ0n) is 35.0. The van der Waals surface area contributed by atoms with E-state index >= 15 is 0 Å². The van der Waals surface area contributed by atoms with Gasteiger partial charge in [0, 0.05) is 5.41 Å². The van der Waals surface area contributed by atoms with Crippen molar-refractivity contribution >= 4 is 5.97 Å². The number of rotatable bonds is 7. The molecule has 2 heterocycles. The van der Waals surface area contributed by atoms with Crippen molar-refractivity contribution in [3.05, 3.63) is 11.6 Å². The minimum Gasteiger partial charge on any atom is -0.547 e. The summed E-state index contributed by atoms with van der Waals surface area (Å²) in [5, 5.41) is 98.4. The van der Waals surface area contributed by atoms with Crippen LogP contribution in [0.15, 0.2) is 11.6 Å². The minimum atomic E-state index is -1.99.